The molecule has 0 aliphatic carbocycles. The number of hydrogen-bond donors (Lipinski definition) is 0. The number of aromatic nitrogens is 8. The van der Waals surface area contributed by atoms with Crippen molar-refractivity contribution >= 4 is 49.8 Å². The second-order valence-corrected chi connectivity index (χ2v) is 30.8. The van der Waals surface area contributed by atoms with Crippen molar-refractivity contribution in [3.63, 3.8) is 0 Å². The minimum Gasteiger partial charge on any atom is -0.493 e. The number of rotatable bonds is 61. The number of unbranched alkanes of at least 4 members (excludes halogenated alkanes) is 42. The van der Waals surface area contributed by atoms with E-state index in [2.05, 4.69) is 41.5 Å². The predicted molar refractivity (Wildman–Crippen MR) is 449 cm³/mol. The van der Waals surface area contributed by atoms with Crippen LogP contribution in [0.1, 0.15) is 350 Å². The van der Waals surface area contributed by atoms with Gasteiger partial charge in [0.1, 0.15) is 34.5 Å². The molecule has 17 nitrogen and oxygen atoms in total. The summed E-state index contributed by atoms with van der Waals surface area (Å²) in [4.78, 5) is 56.5. The summed E-state index contributed by atoms with van der Waals surface area (Å²) in [7, 11) is 0. The van der Waals surface area contributed by atoms with Crippen LogP contribution in [-0.2, 0) is 17.1 Å². The van der Waals surface area contributed by atoms with Crippen LogP contribution in [0.3, 0.4) is 0 Å². The normalized spacial score (nSPS) is 11.7. The van der Waals surface area contributed by atoms with Gasteiger partial charge in [-0.15, -0.1) is 0 Å². The Morgan fingerprint density at radius 3 is 0.755 bits per heavy atom. The van der Waals surface area contributed by atoms with Crippen LogP contribution in [0.25, 0.3) is 89.7 Å². The fourth-order valence-corrected chi connectivity index (χ4v) is 15.2. The van der Waals surface area contributed by atoms with Crippen LogP contribution in [0.2, 0.25) is 0 Å². The fraction of sp³-hybridized carbons (Fsp3) is 0.652. The first-order valence-electron chi connectivity index (χ1n) is 44.1. The van der Waals surface area contributed by atoms with E-state index in [1.807, 2.05) is 36.4 Å². The molecule has 0 amide bonds. The Labute approximate surface area is 670 Å². The molecule has 1 radical (unpaired) electrons. The Morgan fingerprint density at radius 2 is 0.491 bits per heavy atom. The first-order valence-corrected chi connectivity index (χ1v) is 44.1. The molecule has 607 valence electrons. The molecular formula is C92H135CuN9O8. The number of hydrogen-bond acceptors (Lipinski definition) is 14. The predicted octanol–water partition coefficient (Wildman–Crippen LogP) is 27.2. The Hall–Kier alpha value is -7.04. The van der Waals surface area contributed by atoms with Crippen molar-refractivity contribution in [2.45, 2.75) is 350 Å². The number of fused-ring (bicyclic) bond motifs is 20. The molecule has 4 aromatic carbocycles. The molecule has 0 fully saturated rings. The SMILES string of the molecule is CCCCCCCCCCOc1ccc(OCCCCCCCCCC)c2c1-c1nc-2nc2[n-]c(nc3nc(nc4[n-]c(n1)c1ccc([N+](=O)[O-])cc41)-c1c(OCCCCCCCCCC)ccc(OCCCCCCCCCC)c1-3)c1c(OCCCCCCCCCC)ccc(OCCCCCCCCCC)c21.[Cu+2]. The summed E-state index contributed by atoms with van der Waals surface area (Å²) in [6.07, 6.45) is 55.6. The van der Waals surface area contributed by atoms with Gasteiger partial charge in [-0.2, -0.15) is 0 Å². The van der Waals surface area contributed by atoms with E-state index < -0.39 is 0 Å². The maximum atomic E-state index is 12.9. The average Bonchev–Trinajstić information content (AvgIpc) is 1.58. The van der Waals surface area contributed by atoms with Gasteiger partial charge in [0.2, 0.25) is 0 Å². The molecule has 2 aliphatic heterocycles. The third kappa shape index (κ3) is 27.7. The van der Waals surface area contributed by atoms with Gasteiger partial charge < -0.3 is 58.3 Å². The molecule has 0 N–H and O–H groups in total. The standard InChI is InChI=1S/C92H135N9O8.Cu/c1-7-13-19-25-31-37-43-49-63-104-73-57-59-75(106-65-51-45-39-33-27-21-15-9-3)81-79(73)87-94-85-71-56-55-70(101(102)103)69-72(71)86(93-85)95-88-80-74(105-64-50-44-38-32-26-20-14-8-2)58-60-76(107-66-52-46-40-34-28-22-16-10-4)82(80)90(97-88)99-92-84-78(109-68-54-48-42-36-30-24-18-12-6)62-61-77(83(84)91(100-92)98-89(81)96-87)108-67-53-47-41-35-29-23-17-11-5;/h55-62,69H,7-54,63-68H2,1-6H3;/q-2;+2. The van der Waals surface area contributed by atoms with Crippen LogP contribution in [0.5, 0.6) is 34.5 Å². The van der Waals surface area contributed by atoms with Gasteiger partial charge in [-0.3, -0.25) is 10.1 Å². The summed E-state index contributed by atoms with van der Waals surface area (Å²) in [5, 5.41) is 15.1. The van der Waals surface area contributed by atoms with Gasteiger partial charge in [0.25, 0.3) is 5.69 Å². The summed E-state index contributed by atoms with van der Waals surface area (Å²) < 4.78 is 41.9. The number of nitro groups is 1. The van der Waals surface area contributed by atoms with E-state index in [0.717, 1.165) is 116 Å². The van der Waals surface area contributed by atoms with Crippen LogP contribution in [-0.4, -0.2) is 74.5 Å². The van der Waals surface area contributed by atoms with Crippen LogP contribution < -0.4 is 38.4 Å². The van der Waals surface area contributed by atoms with Crippen molar-refractivity contribution in [1.82, 2.24) is 39.9 Å². The topological polar surface area (TPSA) is 204 Å². The Morgan fingerprint density at radius 1 is 0.273 bits per heavy atom. The Bertz CT molecular complexity index is 3990. The van der Waals surface area contributed by atoms with Crippen molar-refractivity contribution < 1.29 is 50.4 Å². The van der Waals surface area contributed by atoms with Crippen molar-refractivity contribution in [2.24, 2.45) is 0 Å². The molecule has 7 aromatic rings. The van der Waals surface area contributed by atoms with Gasteiger partial charge >= 0.3 is 17.1 Å². The van der Waals surface area contributed by atoms with Crippen LogP contribution in [0.15, 0.2) is 54.6 Å². The molecule has 110 heavy (non-hydrogen) atoms. The van der Waals surface area contributed by atoms with Gasteiger partial charge in [-0.05, 0) is 86.4 Å². The summed E-state index contributed by atoms with van der Waals surface area (Å²) in [6.45, 7) is 16.4. The minimum absolute atomic E-state index is 0. The fourth-order valence-electron chi connectivity index (χ4n) is 15.2. The number of benzene rings is 4. The van der Waals surface area contributed by atoms with Gasteiger partial charge in [-0.1, -0.05) is 311 Å². The van der Waals surface area contributed by atoms with E-state index in [0.29, 0.717) is 147 Å². The van der Waals surface area contributed by atoms with Crippen molar-refractivity contribution in [3.8, 4) is 80.0 Å². The second kappa shape index (κ2) is 51.6. The van der Waals surface area contributed by atoms with Crippen molar-refractivity contribution in [3.05, 3.63) is 64.7 Å². The van der Waals surface area contributed by atoms with Crippen LogP contribution >= 0.6 is 0 Å². The quantitative estimate of drug-likeness (QED) is 0.0150. The zero-order valence-electron chi connectivity index (χ0n) is 68.5. The molecule has 5 heterocycles. The first-order chi connectivity index (χ1) is 53.8. The molecule has 0 spiro atoms. The molecular weight excluding hydrogens is 1420 g/mol. The van der Waals surface area contributed by atoms with E-state index >= 15 is 0 Å². The van der Waals surface area contributed by atoms with Crippen molar-refractivity contribution in [1.29, 1.82) is 0 Å². The van der Waals surface area contributed by atoms with Crippen LogP contribution in [0.4, 0.5) is 5.69 Å². The largest absolute Gasteiger partial charge is 2.00 e. The third-order valence-electron chi connectivity index (χ3n) is 21.7. The monoisotopic (exact) mass is 1560 g/mol. The summed E-state index contributed by atoms with van der Waals surface area (Å²) in [6, 6.07) is 16.7. The summed E-state index contributed by atoms with van der Waals surface area (Å²) in [5.41, 5.74) is 3.41. The molecule has 0 saturated carbocycles. The smallest absolute Gasteiger partial charge is 0.493 e. The maximum Gasteiger partial charge on any atom is 2.00 e. The molecule has 2 aliphatic rings. The summed E-state index contributed by atoms with van der Waals surface area (Å²) >= 11 is 0. The van der Waals surface area contributed by atoms with E-state index in [9.17, 15) is 10.1 Å². The number of ether oxygens (including phenoxy) is 6. The van der Waals surface area contributed by atoms with E-state index in [1.165, 1.54) is 205 Å². The Kier molecular flexibility index (Phi) is 41.5. The van der Waals surface area contributed by atoms with Gasteiger partial charge in [0, 0.05) is 50.9 Å². The van der Waals surface area contributed by atoms with Crippen LogP contribution in [0, 0.1) is 10.1 Å². The minimum atomic E-state index is -0.389. The number of nitrogens with zero attached hydrogens (tertiary/aromatic N) is 9. The molecule has 8 bridgehead atoms. The van der Waals surface area contributed by atoms with Gasteiger partial charge in [0.05, 0.1) is 90.1 Å². The Balaban J connectivity index is 0.0000152. The van der Waals surface area contributed by atoms with E-state index in [-0.39, 0.29) is 44.8 Å². The molecule has 3 aromatic heterocycles. The third-order valence-corrected chi connectivity index (χ3v) is 21.7. The zero-order chi connectivity index (χ0) is 76.3. The average molecular weight is 1560 g/mol. The van der Waals surface area contributed by atoms with E-state index in [4.69, 9.17) is 68.3 Å². The molecule has 18 heteroatoms. The zero-order valence-corrected chi connectivity index (χ0v) is 69.4. The molecule has 0 unspecified atom stereocenters. The second-order valence-electron chi connectivity index (χ2n) is 30.8. The first kappa shape index (κ1) is 88.5. The van der Waals surface area contributed by atoms with E-state index in [1.54, 1.807) is 6.07 Å². The van der Waals surface area contributed by atoms with Gasteiger partial charge in [0.15, 0.2) is 0 Å². The summed E-state index contributed by atoms with van der Waals surface area (Å²) in [5.74, 6) is 4.72. The van der Waals surface area contributed by atoms with Crippen molar-refractivity contribution in [2.75, 3.05) is 39.6 Å². The van der Waals surface area contributed by atoms with Gasteiger partial charge in [-0.25, -0.2) is 9.97 Å². The number of non-ortho nitro benzene ring substituents is 1. The number of nitro benzene ring substituents is 1. The molecule has 0 saturated heterocycles. The molecule has 9 rings (SSSR count). The maximum absolute atomic E-state index is 12.9. The molecule has 0 atom stereocenters.